The zero-order valence-corrected chi connectivity index (χ0v) is 18.7. The first kappa shape index (κ1) is 21.2. The normalized spacial score (nSPS) is 10.7. The van der Waals surface area contributed by atoms with E-state index in [4.69, 9.17) is 4.98 Å². The second-order valence-corrected chi connectivity index (χ2v) is 8.85. The molecule has 5 nitrogen and oxygen atoms in total. The van der Waals surface area contributed by atoms with E-state index in [9.17, 15) is 4.79 Å². The highest BCUT2D eigenvalue weighted by molar-refractivity contribution is 8.00. The van der Waals surface area contributed by atoms with E-state index >= 15 is 0 Å². The van der Waals surface area contributed by atoms with Crippen LogP contribution < -0.4 is 5.32 Å². The van der Waals surface area contributed by atoms with Gasteiger partial charge in [0, 0.05) is 10.5 Å². The van der Waals surface area contributed by atoms with Crippen molar-refractivity contribution in [2.75, 3.05) is 16.8 Å². The molecule has 0 radical (unpaired) electrons. The molecule has 1 amide bonds. The molecule has 0 spiro atoms. The fourth-order valence-electron chi connectivity index (χ4n) is 3.05. The van der Waals surface area contributed by atoms with E-state index < -0.39 is 0 Å². The van der Waals surface area contributed by atoms with Gasteiger partial charge in [0.15, 0.2) is 5.82 Å². The van der Waals surface area contributed by atoms with E-state index in [-0.39, 0.29) is 11.7 Å². The number of aromatic nitrogens is 3. The van der Waals surface area contributed by atoms with Crippen molar-refractivity contribution < 1.29 is 4.79 Å². The van der Waals surface area contributed by atoms with Crippen LogP contribution >= 0.6 is 23.5 Å². The van der Waals surface area contributed by atoms with E-state index in [0.717, 1.165) is 33.4 Å². The highest BCUT2D eigenvalue weighted by Gasteiger charge is 2.15. The topological polar surface area (TPSA) is 59.8 Å². The Kier molecular flexibility index (Phi) is 7.07. The molecule has 3 aromatic carbocycles. The standard InChI is InChI=1S/C24H22N4OS2/c1-2-30-21-16-10-9-15-20(21)25-22(29)17-31-24-26-23(18-11-5-3-6-12-18)28(27-24)19-13-7-4-8-14-19/h3-16H,2,17H2,1H3,(H,25,29). The fraction of sp³-hybridized carbons (Fsp3) is 0.125. The van der Waals surface area contributed by atoms with Crippen LogP contribution in [0.25, 0.3) is 17.1 Å². The van der Waals surface area contributed by atoms with Gasteiger partial charge in [-0.2, -0.15) is 0 Å². The van der Waals surface area contributed by atoms with Crippen molar-refractivity contribution >= 4 is 35.1 Å². The Morgan fingerprint density at radius 1 is 0.903 bits per heavy atom. The minimum Gasteiger partial charge on any atom is -0.324 e. The summed E-state index contributed by atoms with van der Waals surface area (Å²) < 4.78 is 1.82. The van der Waals surface area contributed by atoms with Crippen molar-refractivity contribution in [3.8, 4) is 17.1 Å². The van der Waals surface area contributed by atoms with Gasteiger partial charge in [0.2, 0.25) is 11.1 Å². The summed E-state index contributed by atoms with van der Waals surface area (Å²) >= 11 is 3.04. The van der Waals surface area contributed by atoms with Gasteiger partial charge in [-0.15, -0.1) is 16.9 Å². The van der Waals surface area contributed by atoms with E-state index in [0.29, 0.717) is 5.16 Å². The molecule has 7 heteroatoms. The third-order valence-electron chi connectivity index (χ3n) is 4.41. The summed E-state index contributed by atoms with van der Waals surface area (Å²) in [5.74, 6) is 1.86. The van der Waals surface area contributed by atoms with Crippen molar-refractivity contribution in [3.05, 3.63) is 84.9 Å². The number of thioether (sulfide) groups is 2. The molecule has 0 saturated heterocycles. The Labute approximate surface area is 190 Å². The van der Waals surface area contributed by atoms with Crippen LogP contribution in [0.3, 0.4) is 0 Å². The zero-order valence-electron chi connectivity index (χ0n) is 17.1. The molecule has 0 unspecified atom stereocenters. The predicted molar refractivity (Wildman–Crippen MR) is 129 cm³/mol. The molecular weight excluding hydrogens is 424 g/mol. The number of amides is 1. The quantitative estimate of drug-likeness (QED) is 0.348. The van der Waals surface area contributed by atoms with Crippen LogP contribution in [0.1, 0.15) is 6.92 Å². The molecule has 0 aliphatic rings. The largest absolute Gasteiger partial charge is 0.324 e. The number of nitrogens with zero attached hydrogens (tertiary/aromatic N) is 3. The first-order valence-corrected chi connectivity index (χ1v) is 11.9. The van der Waals surface area contributed by atoms with Crippen LogP contribution in [0.5, 0.6) is 0 Å². The predicted octanol–water partition coefficient (Wildman–Crippen LogP) is 5.78. The SMILES string of the molecule is CCSc1ccccc1NC(=O)CSc1nc(-c2ccccc2)n(-c2ccccc2)n1. The summed E-state index contributed by atoms with van der Waals surface area (Å²) in [6, 6.07) is 27.7. The van der Waals surface area contributed by atoms with Crippen LogP contribution in [-0.4, -0.2) is 32.2 Å². The fourth-order valence-corrected chi connectivity index (χ4v) is 4.43. The molecule has 31 heavy (non-hydrogen) atoms. The molecule has 0 aliphatic carbocycles. The average molecular weight is 447 g/mol. The van der Waals surface area contributed by atoms with Crippen LogP contribution in [0.15, 0.2) is 95.0 Å². The lowest BCUT2D eigenvalue weighted by molar-refractivity contribution is -0.113. The van der Waals surface area contributed by atoms with Gasteiger partial charge < -0.3 is 5.32 Å². The lowest BCUT2D eigenvalue weighted by atomic mass is 10.2. The van der Waals surface area contributed by atoms with Crippen LogP contribution in [-0.2, 0) is 4.79 Å². The van der Waals surface area contributed by atoms with Gasteiger partial charge in [-0.1, -0.05) is 79.3 Å². The maximum absolute atomic E-state index is 12.6. The highest BCUT2D eigenvalue weighted by atomic mass is 32.2. The van der Waals surface area contributed by atoms with E-state index in [1.165, 1.54) is 11.8 Å². The number of carbonyl (C=O) groups is 1. The molecule has 0 aliphatic heterocycles. The Balaban J connectivity index is 1.52. The molecule has 4 aromatic rings. The van der Waals surface area contributed by atoms with Gasteiger partial charge in [-0.25, -0.2) is 9.67 Å². The molecule has 0 atom stereocenters. The Bertz CT molecular complexity index is 1090. The summed E-state index contributed by atoms with van der Waals surface area (Å²) in [5.41, 5.74) is 2.74. The molecule has 0 saturated carbocycles. The summed E-state index contributed by atoms with van der Waals surface area (Å²) in [6.07, 6.45) is 0. The second kappa shape index (κ2) is 10.3. The molecule has 1 N–H and O–H groups in total. The van der Waals surface area contributed by atoms with E-state index in [2.05, 4.69) is 17.3 Å². The van der Waals surface area contributed by atoms with Gasteiger partial charge in [-0.3, -0.25) is 4.79 Å². The number of carbonyl (C=O) groups excluding carboxylic acids is 1. The minimum absolute atomic E-state index is 0.0773. The number of nitrogens with one attached hydrogen (secondary N) is 1. The number of hydrogen-bond acceptors (Lipinski definition) is 5. The smallest absolute Gasteiger partial charge is 0.234 e. The first-order valence-electron chi connectivity index (χ1n) is 9.97. The van der Waals surface area contributed by atoms with Crippen LogP contribution in [0, 0.1) is 0 Å². The van der Waals surface area contributed by atoms with Gasteiger partial charge >= 0.3 is 0 Å². The van der Waals surface area contributed by atoms with Crippen molar-refractivity contribution in [2.45, 2.75) is 17.0 Å². The number of anilines is 1. The van der Waals surface area contributed by atoms with Gasteiger partial charge in [0.1, 0.15) is 0 Å². The lowest BCUT2D eigenvalue weighted by Crippen LogP contribution is -2.14. The average Bonchev–Trinajstić information content (AvgIpc) is 3.25. The van der Waals surface area contributed by atoms with Gasteiger partial charge in [0.05, 0.1) is 17.1 Å². The summed E-state index contributed by atoms with van der Waals surface area (Å²) in [6.45, 7) is 2.10. The monoisotopic (exact) mass is 446 g/mol. The van der Waals surface area contributed by atoms with Crippen molar-refractivity contribution in [1.29, 1.82) is 0 Å². The zero-order chi connectivity index (χ0) is 21.5. The Morgan fingerprint density at radius 2 is 1.58 bits per heavy atom. The second-order valence-electron chi connectivity index (χ2n) is 6.60. The van der Waals surface area contributed by atoms with Crippen molar-refractivity contribution in [2.24, 2.45) is 0 Å². The highest BCUT2D eigenvalue weighted by Crippen LogP contribution is 2.28. The number of hydrogen-bond donors (Lipinski definition) is 1. The number of para-hydroxylation sites is 2. The maximum atomic E-state index is 12.6. The molecule has 4 rings (SSSR count). The van der Waals surface area contributed by atoms with Crippen molar-refractivity contribution in [1.82, 2.24) is 14.8 Å². The van der Waals surface area contributed by atoms with Crippen LogP contribution in [0.2, 0.25) is 0 Å². The molecule has 1 aromatic heterocycles. The number of benzene rings is 3. The first-order chi connectivity index (χ1) is 15.2. The molecular formula is C24H22N4OS2. The third kappa shape index (κ3) is 5.37. The maximum Gasteiger partial charge on any atom is 0.234 e. The van der Waals surface area contributed by atoms with E-state index in [1.807, 2.05) is 89.6 Å². The Morgan fingerprint density at radius 3 is 2.32 bits per heavy atom. The third-order valence-corrected chi connectivity index (χ3v) is 6.21. The minimum atomic E-state index is -0.0773. The summed E-state index contributed by atoms with van der Waals surface area (Å²) in [4.78, 5) is 18.4. The molecule has 0 bridgehead atoms. The lowest BCUT2D eigenvalue weighted by Gasteiger charge is -2.09. The van der Waals surface area contributed by atoms with Crippen LogP contribution in [0.4, 0.5) is 5.69 Å². The molecule has 1 heterocycles. The molecule has 156 valence electrons. The number of rotatable bonds is 8. The Hall–Kier alpha value is -3.03. The summed E-state index contributed by atoms with van der Waals surface area (Å²) in [7, 11) is 0. The van der Waals surface area contributed by atoms with Crippen molar-refractivity contribution in [3.63, 3.8) is 0 Å². The van der Waals surface area contributed by atoms with Gasteiger partial charge in [-0.05, 0) is 30.0 Å². The summed E-state index contributed by atoms with van der Waals surface area (Å²) in [5, 5.41) is 8.24. The van der Waals surface area contributed by atoms with E-state index in [1.54, 1.807) is 11.8 Å². The molecule has 0 fully saturated rings. The van der Waals surface area contributed by atoms with Gasteiger partial charge in [0.25, 0.3) is 0 Å².